The molecule has 0 aliphatic carbocycles. The van der Waals surface area contributed by atoms with Crippen LogP contribution in [0.15, 0.2) is 12.1 Å². The molecule has 0 spiro atoms. The summed E-state index contributed by atoms with van der Waals surface area (Å²) in [6.07, 6.45) is -5.00. The maximum absolute atomic E-state index is 13.1. The average Bonchev–Trinajstić information content (AvgIpc) is 2.19. The minimum atomic E-state index is -5.00. The van der Waals surface area contributed by atoms with Crippen molar-refractivity contribution < 1.29 is 31.8 Å². The molecule has 1 aromatic rings. The molecule has 0 radical (unpaired) electrons. The van der Waals surface area contributed by atoms with Crippen molar-refractivity contribution in [2.75, 3.05) is 14.2 Å². The van der Waals surface area contributed by atoms with E-state index < -0.39 is 23.7 Å². The maximum atomic E-state index is 13.1. The topological polar surface area (TPSA) is 27.7 Å². The minimum absolute atomic E-state index is 0.0526. The zero-order valence-electron chi connectivity index (χ0n) is 8.39. The van der Waals surface area contributed by atoms with E-state index in [2.05, 4.69) is 9.47 Å². The van der Waals surface area contributed by atoms with Gasteiger partial charge in [0.2, 0.25) is 11.5 Å². The summed E-state index contributed by atoms with van der Waals surface area (Å²) in [6, 6.07) is 1.93. The van der Waals surface area contributed by atoms with Crippen molar-refractivity contribution in [3.05, 3.63) is 17.9 Å². The van der Waals surface area contributed by atoms with Crippen molar-refractivity contribution >= 4 is 0 Å². The van der Waals surface area contributed by atoms with Crippen LogP contribution in [-0.2, 0) is 0 Å². The molecule has 0 saturated heterocycles. The molecular formula is C9H8F4O3. The first-order valence-electron chi connectivity index (χ1n) is 4.05. The highest BCUT2D eigenvalue weighted by atomic mass is 19.4. The van der Waals surface area contributed by atoms with Crippen molar-refractivity contribution in [3.8, 4) is 17.2 Å². The molecule has 0 atom stereocenters. The van der Waals surface area contributed by atoms with Crippen LogP contribution in [-0.4, -0.2) is 20.6 Å². The number of ether oxygens (including phenoxy) is 3. The third-order valence-corrected chi connectivity index (χ3v) is 1.67. The van der Waals surface area contributed by atoms with Gasteiger partial charge in [0.25, 0.3) is 0 Å². The molecule has 7 heteroatoms. The van der Waals surface area contributed by atoms with Gasteiger partial charge in [-0.1, -0.05) is 0 Å². The molecule has 0 unspecified atom stereocenters. The molecule has 90 valence electrons. The fourth-order valence-corrected chi connectivity index (χ4v) is 1.09. The van der Waals surface area contributed by atoms with Gasteiger partial charge in [0.05, 0.1) is 14.2 Å². The van der Waals surface area contributed by atoms with Gasteiger partial charge in [-0.3, -0.25) is 0 Å². The van der Waals surface area contributed by atoms with E-state index in [1.54, 1.807) is 0 Å². The normalized spacial score (nSPS) is 11.1. The molecule has 3 nitrogen and oxygen atoms in total. The predicted octanol–water partition coefficient (Wildman–Crippen LogP) is 2.74. The van der Waals surface area contributed by atoms with Crippen molar-refractivity contribution in [2.24, 2.45) is 0 Å². The summed E-state index contributed by atoms with van der Waals surface area (Å²) in [5, 5.41) is 0. The van der Waals surface area contributed by atoms with Crippen LogP contribution < -0.4 is 14.2 Å². The summed E-state index contributed by atoms with van der Waals surface area (Å²) in [5.74, 6) is -2.73. The third kappa shape index (κ3) is 2.68. The molecule has 1 aromatic carbocycles. The third-order valence-electron chi connectivity index (χ3n) is 1.67. The molecule has 1 rings (SSSR count). The largest absolute Gasteiger partial charge is 0.573 e. The highest BCUT2D eigenvalue weighted by Gasteiger charge is 2.35. The molecule has 0 bridgehead atoms. The predicted molar refractivity (Wildman–Crippen MR) is 46.2 cm³/mol. The molecule has 0 saturated carbocycles. The second-order valence-electron chi connectivity index (χ2n) is 2.66. The number of alkyl halides is 3. The summed E-state index contributed by atoms with van der Waals surface area (Å²) in [5.41, 5.74) is 0. The fourth-order valence-electron chi connectivity index (χ4n) is 1.09. The molecule has 0 amide bonds. The van der Waals surface area contributed by atoms with Gasteiger partial charge < -0.3 is 14.2 Å². The maximum Gasteiger partial charge on any atom is 0.573 e. The fraction of sp³-hybridized carbons (Fsp3) is 0.333. The Morgan fingerprint density at radius 3 is 2.06 bits per heavy atom. The van der Waals surface area contributed by atoms with Gasteiger partial charge in [-0.15, -0.1) is 13.2 Å². The number of methoxy groups -OCH3 is 2. The first kappa shape index (κ1) is 12.4. The van der Waals surface area contributed by atoms with Crippen LogP contribution in [0.5, 0.6) is 17.2 Å². The number of hydrogen-bond donors (Lipinski definition) is 0. The quantitative estimate of drug-likeness (QED) is 0.760. The lowest BCUT2D eigenvalue weighted by Gasteiger charge is -2.15. The molecule has 0 N–H and O–H groups in total. The lowest BCUT2D eigenvalue weighted by Crippen LogP contribution is -2.18. The van der Waals surface area contributed by atoms with Gasteiger partial charge in [-0.2, -0.15) is 0 Å². The highest BCUT2D eigenvalue weighted by molar-refractivity contribution is 5.52. The van der Waals surface area contributed by atoms with Gasteiger partial charge >= 0.3 is 6.36 Å². The van der Waals surface area contributed by atoms with E-state index >= 15 is 0 Å². The van der Waals surface area contributed by atoms with Crippen LogP contribution in [0.2, 0.25) is 0 Å². The van der Waals surface area contributed by atoms with E-state index in [1.807, 2.05) is 0 Å². The Morgan fingerprint density at radius 1 is 1.00 bits per heavy atom. The van der Waals surface area contributed by atoms with E-state index in [1.165, 1.54) is 7.11 Å². The minimum Gasteiger partial charge on any atom is -0.493 e. The Hall–Kier alpha value is -1.66. The number of hydrogen-bond acceptors (Lipinski definition) is 3. The highest BCUT2D eigenvalue weighted by Crippen LogP contribution is 2.41. The molecule has 0 heterocycles. The van der Waals surface area contributed by atoms with Crippen LogP contribution in [0.4, 0.5) is 17.6 Å². The van der Waals surface area contributed by atoms with Crippen molar-refractivity contribution in [1.29, 1.82) is 0 Å². The lowest BCUT2D eigenvalue weighted by molar-refractivity contribution is -0.276. The average molecular weight is 240 g/mol. The van der Waals surface area contributed by atoms with E-state index in [0.29, 0.717) is 0 Å². The molecular weight excluding hydrogens is 232 g/mol. The second-order valence-corrected chi connectivity index (χ2v) is 2.66. The number of benzene rings is 1. The van der Waals surface area contributed by atoms with Gasteiger partial charge in [0.15, 0.2) is 11.6 Å². The van der Waals surface area contributed by atoms with Gasteiger partial charge in [0.1, 0.15) is 0 Å². The standard InChI is InChI=1S/C9H8F4O3/c1-14-6-4-3-5(10)7(8(6)15-2)16-9(11,12)13/h3-4H,1-2H3. The Bertz CT molecular complexity index is 376. The lowest BCUT2D eigenvalue weighted by atomic mass is 10.3. The first-order chi connectivity index (χ1) is 7.39. The Labute approximate surface area is 88.5 Å². The Kier molecular flexibility index (Phi) is 3.46. The monoisotopic (exact) mass is 240 g/mol. The summed E-state index contributed by atoms with van der Waals surface area (Å²) in [4.78, 5) is 0. The van der Waals surface area contributed by atoms with Crippen molar-refractivity contribution in [2.45, 2.75) is 6.36 Å². The van der Waals surface area contributed by atoms with Crippen LogP contribution in [0.25, 0.3) is 0 Å². The van der Waals surface area contributed by atoms with Crippen molar-refractivity contribution in [1.82, 2.24) is 0 Å². The molecule has 0 aliphatic heterocycles. The first-order valence-corrected chi connectivity index (χ1v) is 4.05. The summed E-state index contributed by atoms with van der Waals surface area (Å²) >= 11 is 0. The van der Waals surface area contributed by atoms with Crippen LogP contribution in [0.1, 0.15) is 0 Å². The number of halogens is 4. The van der Waals surface area contributed by atoms with E-state index in [-0.39, 0.29) is 5.75 Å². The zero-order valence-corrected chi connectivity index (χ0v) is 8.39. The summed E-state index contributed by atoms with van der Waals surface area (Å²) in [7, 11) is 2.30. The van der Waals surface area contributed by atoms with Gasteiger partial charge in [-0.25, -0.2) is 4.39 Å². The van der Waals surface area contributed by atoms with Gasteiger partial charge in [-0.05, 0) is 12.1 Å². The van der Waals surface area contributed by atoms with Crippen molar-refractivity contribution in [3.63, 3.8) is 0 Å². The van der Waals surface area contributed by atoms with E-state index in [9.17, 15) is 17.6 Å². The summed E-state index contributed by atoms with van der Waals surface area (Å²) in [6.45, 7) is 0. The molecule has 0 aromatic heterocycles. The molecule has 0 aliphatic rings. The second kappa shape index (κ2) is 4.46. The van der Waals surface area contributed by atoms with E-state index in [0.717, 1.165) is 19.2 Å². The van der Waals surface area contributed by atoms with Crippen LogP contribution in [0, 0.1) is 5.82 Å². The smallest absolute Gasteiger partial charge is 0.493 e. The Morgan fingerprint density at radius 2 is 1.62 bits per heavy atom. The molecule has 0 fully saturated rings. The number of rotatable bonds is 3. The van der Waals surface area contributed by atoms with Crippen LogP contribution >= 0.6 is 0 Å². The zero-order chi connectivity index (χ0) is 12.3. The summed E-state index contributed by atoms with van der Waals surface area (Å²) < 4.78 is 61.9. The van der Waals surface area contributed by atoms with E-state index in [4.69, 9.17) is 4.74 Å². The Balaban J connectivity index is 3.23. The van der Waals surface area contributed by atoms with Crippen LogP contribution in [0.3, 0.4) is 0 Å². The molecule has 16 heavy (non-hydrogen) atoms. The SMILES string of the molecule is COc1ccc(F)c(OC(F)(F)F)c1OC. The van der Waals surface area contributed by atoms with Gasteiger partial charge in [0, 0.05) is 0 Å².